The van der Waals surface area contributed by atoms with Gasteiger partial charge in [0.05, 0.1) is 0 Å². The first-order chi connectivity index (χ1) is 27.2. The van der Waals surface area contributed by atoms with Gasteiger partial charge in [-0.15, -0.1) is 11.3 Å². The van der Waals surface area contributed by atoms with Crippen LogP contribution < -0.4 is 4.90 Å². The normalized spacial score (nSPS) is 11.6. The lowest BCUT2D eigenvalue weighted by Crippen LogP contribution is -2.10. The number of para-hydroxylation sites is 1. The summed E-state index contributed by atoms with van der Waals surface area (Å²) in [5, 5.41) is 7.39. The van der Waals surface area contributed by atoms with Crippen molar-refractivity contribution in [3.05, 3.63) is 200 Å². The van der Waals surface area contributed by atoms with Crippen molar-refractivity contribution in [2.24, 2.45) is 0 Å². The fourth-order valence-corrected chi connectivity index (χ4v) is 9.45. The molecule has 3 heteroatoms. The zero-order valence-corrected chi connectivity index (χ0v) is 30.6. The second-order valence-electron chi connectivity index (χ2n) is 14.1. The minimum Gasteiger partial charge on any atom is -0.456 e. The van der Waals surface area contributed by atoms with Gasteiger partial charge in [0.15, 0.2) is 0 Å². The molecule has 2 heterocycles. The molecular formula is C52H33NOS. The first kappa shape index (κ1) is 31.6. The molecule has 258 valence electrons. The predicted octanol–water partition coefficient (Wildman–Crippen LogP) is 15.6. The van der Waals surface area contributed by atoms with Crippen LogP contribution >= 0.6 is 11.3 Å². The quantitative estimate of drug-likeness (QED) is 0.170. The number of benzene rings is 9. The highest BCUT2D eigenvalue weighted by Crippen LogP contribution is 2.43. The van der Waals surface area contributed by atoms with Gasteiger partial charge in [0.25, 0.3) is 0 Å². The summed E-state index contributed by atoms with van der Waals surface area (Å²) in [7, 11) is 0. The van der Waals surface area contributed by atoms with Crippen molar-refractivity contribution >= 4 is 81.3 Å². The highest BCUT2D eigenvalue weighted by molar-refractivity contribution is 7.26. The summed E-state index contributed by atoms with van der Waals surface area (Å²) in [5.74, 6) is 0. The van der Waals surface area contributed by atoms with Gasteiger partial charge >= 0.3 is 0 Å². The Labute approximate surface area is 322 Å². The lowest BCUT2D eigenvalue weighted by atomic mass is 9.98. The zero-order valence-electron chi connectivity index (χ0n) is 29.8. The van der Waals surface area contributed by atoms with Gasteiger partial charge in [0.2, 0.25) is 0 Å². The molecule has 55 heavy (non-hydrogen) atoms. The minimum absolute atomic E-state index is 0.898. The van der Waals surface area contributed by atoms with Crippen LogP contribution in [0.15, 0.2) is 205 Å². The maximum atomic E-state index is 6.28. The molecule has 0 aliphatic carbocycles. The van der Waals surface area contributed by atoms with Gasteiger partial charge in [-0.05, 0) is 105 Å². The molecule has 9 aromatic carbocycles. The van der Waals surface area contributed by atoms with Gasteiger partial charge in [-0.1, -0.05) is 140 Å². The molecule has 11 rings (SSSR count). The van der Waals surface area contributed by atoms with Crippen molar-refractivity contribution in [3.63, 3.8) is 0 Å². The van der Waals surface area contributed by atoms with E-state index in [2.05, 4.69) is 193 Å². The lowest BCUT2D eigenvalue weighted by Gasteiger charge is -2.26. The van der Waals surface area contributed by atoms with Crippen LogP contribution in [0.3, 0.4) is 0 Å². The second kappa shape index (κ2) is 12.9. The van der Waals surface area contributed by atoms with Gasteiger partial charge in [-0.3, -0.25) is 0 Å². The number of fused-ring (bicyclic) bond motifs is 7. The predicted molar refractivity (Wildman–Crippen MR) is 235 cm³/mol. The molecule has 0 N–H and O–H groups in total. The summed E-state index contributed by atoms with van der Waals surface area (Å²) in [6.45, 7) is 0. The van der Waals surface area contributed by atoms with Crippen LogP contribution in [0.1, 0.15) is 0 Å². The van der Waals surface area contributed by atoms with E-state index in [0.29, 0.717) is 0 Å². The van der Waals surface area contributed by atoms with E-state index in [4.69, 9.17) is 4.42 Å². The Morgan fingerprint density at radius 3 is 1.85 bits per heavy atom. The molecule has 0 saturated carbocycles. The molecule has 0 aliphatic rings. The molecule has 2 nitrogen and oxygen atoms in total. The van der Waals surface area contributed by atoms with Crippen LogP contribution in [0, 0.1) is 0 Å². The Kier molecular flexibility index (Phi) is 7.39. The van der Waals surface area contributed by atoms with Gasteiger partial charge in [0, 0.05) is 48.0 Å². The number of nitrogens with zero attached hydrogens (tertiary/aromatic N) is 1. The zero-order chi connectivity index (χ0) is 36.3. The van der Waals surface area contributed by atoms with E-state index in [-0.39, 0.29) is 0 Å². The van der Waals surface area contributed by atoms with E-state index < -0.39 is 0 Å². The molecule has 0 aliphatic heterocycles. The fraction of sp³-hybridized carbons (Fsp3) is 0. The van der Waals surface area contributed by atoms with Gasteiger partial charge < -0.3 is 9.32 Å². The van der Waals surface area contributed by atoms with Crippen molar-refractivity contribution in [3.8, 4) is 33.4 Å². The van der Waals surface area contributed by atoms with Crippen molar-refractivity contribution in [1.82, 2.24) is 0 Å². The summed E-state index contributed by atoms with van der Waals surface area (Å²) in [5.41, 5.74) is 12.2. The molecule has 0 atom stereocenters. The monoisotopic (exact) mass is 719 g/mol. The molecule has 11 aromatic rings. The van der Waals surface area contributed by atoms with E-state index in [1.54, 1.807) is 0 Å². The maximum absolute atomic E-state index is 6.28. The van der Waals surface area contributed by atoms with E-state index in [0.717, 1.165) is 50.1 Å². The summed E-state index contributed by atoms with van der Waals surface area (Å²) < 4.78 is 8.93. The Hall–Kier alpha value is -6.94. The number of anilines is 3. The van der Waals surface area contributed by atoms with Crippen LogP contribution in [0.4, 0.5) is 17.1 Å². The number of hydrogen-bond donors (Lipinski definition) is 0. The minimum atomic E-state index is 0.898. The molecule has 2 aromatic heterocycles. The Morgan fingerprint density at radius 2 is 1.00 bits per heavy atom. The average Bonchev–Trinajstić information content (AvgIpc) is 3.83. The highest BCUT2D eigenvalue weighted by atomic mass is 32.1. The van der Waals surface area contributed by atoms with E-state index >= 15 is 0 Å². The molecule has 0 amide bonds. The molecule has 0 bridgehead atoms. The number of hydrogen-bond acceptors (Lipinski definition) is 3. The topological polar surface area (TPSA) is 16.4 Å². The smallest absolute Gasteiger partial charge is 0.136 e. The van der Waals surface area contributed by atoms with Gasteiger partial charge in [-0.25, -0.2) is 0 Å². The Bertz CT molecular complexity index is 3210. The first-order valence-corrected chi connectivity index (χ1v) is 19.5. The summed E-state index contributed by atoms with van der Waals surface area (Å²) in [6.07, 6.45) is 0. The fourth-order valence-electron chi connectivity index (χ4n) is 8.21. The molecule has 0 saturated heterocycles. The van der Waals surface area contributed by atoms with Crippen molar-refractivity contribution < 1.29 is 4.42 Å². The van der Waals surface area contributed by atoms with Crippen LogP contribution in [-0.4, -0.2) is 0 Å². The molecule has 0 spiro atoms. The Balaban J connectivity index is 1.03. The van der Waals surface area contributed by atoms with E-state index in [9.17, 15) is 0 Å². The summed E-state index contributed by atoms with van der Waals surface area (Å²) >= 11 is 1.87. The van der Waals surface area contributed by atoms with E-state index in [1.807, 2.05) is 23.5 Å². The van der Waals surface area contributed by atoms with Crippen LogP contribution in [0.5, 0.6) is 0 Å². The number of thiophene rings is 1. The van der Waals surface area contributed by atoms with Crippen LogP contribution in [0.2, 0.25) is 0 Å². The molecule has 0 fully saturated rings. The first-order valence-electron chi connectivity index (χ1n) is 18.7. The van der Waals surface area contributed by atoms with Crippen LogP contribution in [-0.2, 0) is 0 Å². The third-order valence-electron chi connectivity index (χ3n) is 10.9. The van der Waals surface area contributed by atoms with Crippen molar-refractivity contribution in [2.75, 3.05) is 4.90 Å². The summed E-state index contributed by atoms with van der Waals surface area (Å²) in [6, 6.07) is 72.2. The van der Waals surface area contributed by atoms with Crippen LogP contribution in [0.25, 0.3) is 86.3 Å². The average molecular weight is 720 g/mol. The molecule has 0 radical (unpaired) electrons. The molecule has 0 unspecified atom stereocenters. The molecular weight excluding hydrogens is 687 g/mol. The van der Waals surface area contributed by atoms with Gasteiger partial charge in [-0.2, -0.15) is 0 Å². The summed E-state index contributed by atoms with van der Waals surface area (Å²) in [4.78, 5) is 2.37. The lowest BCUT2D eigenvalue weighted by molar-refractivity contribution is 0.669. The van der Waals surface area contributed by atoms with Crippen molar-refractivity contribution in [2.45, 2.75) is 0 Å². The Morgan fingerprint density at radius 1 is 0.364 bits per heavy atom. The highest BCUT2D eigenvalue weighted by Gasteiger charge is 2.18. The maximum Gasteiger partial charge on any atom is 0.136 e. The largest absolute Gasteiger partial charge is 0.456 e. The third kappa shape index (κ3) is 5.40. The number of furan rings is 1. The number of rotatable bonds is 6. The van der Waals surface area contributed by atoms with Crippen molar-refractivity contribution in [1.29, 1.82) is 0 Å². The van der Waals surface area contributed by atoms with Gasteiger partial charge in [0.1, 0.15) is 11.2 Å². The van der Waals surface area contributed by atoms with E-state index in [1.165, 1.54) is 53.2 Å². The second-order valence-corrected chi connectivity index (χ2v) is 15.2. The third-order valence-corrected chi connectivity index (χ3v) is 12.1. The standard InChI is InChI=1S/C52H33NOS/c1-2-11-37-32-38(23-22-34(37)10-1)35-24-28-40(29-25-35)53(41-30-26-36(27-31-41)44-17-8-18-46-45-14-4-6-21-50(45)55-52(44)46)42-13-7-12-39(33-42)43-16-9-20-49-51(43)47-15-3-5-19-48(47)54-49/h1-33H. The SMILES string of the molecule is c1cc(-c2cccc3oc4ccccc4c23)cc(N(c2ccc(-c3ccc4ccccc4c3)cc2)c2ccc(-c3cccc4c3sc3ccccc34)cc2)c1.